The van der Waals surface area contributed by atoms with Gasteiger partial charge >= 0.3 is 6.03 Å². The van der Waals surface area contributed by atoms with Crippen molar-refractivity contribution in [3.05, 3.63) is 70.3 Å². The monoisotopic (exact) mass is 437 g/mol. The lowest BCUT2D eigenvalue weighted by atomic mass is 10.1. The first kappa shape index (κ1) is 21.8. The predicted molar refractivity (Wildman–Crippen MR) is 123 cm³/mol. The van der Waals surface area contributed by atoms with Gasteiger partial charge in [0, 0.05) is 32.2 Å². The second-order valence-corrected chi connectivity index (χ2v) is 8.10. The van der Waals surface area contributed by atoms with Crippen LogP contribution in [0.15, 0.2) is 53.3 Å². The number of nitrogens with one attached hydrogen (secondary N) is 2. The molecule has 0 saturated carbocycles. The van der Waals surface area contributed by atoms with Crippen molar-refractivity contribution in [3.63, 3.8) is 0 Å². The fourth-order valence-electron chi connectivity index (χ4n) is 4.13. The van der Waals surface area contributed by atoms with E-state index in [0.29, 0.717) is 31.0 Å². The van der Waals surface area contributed by atoms with Crippen LogP contribution in [0.2, 0.25) is 0 Å². The molecule has 3 aromatic rings. The summed E-state index contributed by atoms with van der Waals surface area (Å²) in [6, 6.07) is 13.6. The Balaban J connectivity index is 1.37. The molecule has 0 spiro atoms. The maximum Gasteiger partial charge on any atom is 0.315 e. The van der Waals surface area contributed by atoms with E-state index in [4.69, 9.17) is 0 Å². The second-order valence-electron chi connectivity index (χ2n) is 8.10. The highest BCUT2D eigenvalue weighted by Gasteiger charge is 2.24. The van der Waals surface area contributed by atoms with Crippen LogP contribution in [0.1, 0.15) is 31.7 Å². The predicted octanol–water partition coefficient (Wildman–Crippen LogP) is 3.41. The number of halogens is 1. The molecule has 0 atom stereocenters. The van der Waals surface area contributed by atoms with Crippen molar-refractivity contribution in [1.82, 2.24) is 20.2 Å². The number of carbonyl (C=O) groups is 1. The lowest BCUT2D eigenvalue weighted by Crippen LogP contribution is -2.49. The number of nitrogens with zero attached hydrogens (tertiary/aromatic N) is 3. The Bertz CT molecular complexity index is 1150. The third kappa shape index (κ3) is 4.90. The van der Waals surface area contributed by atoms with Crippen molar-refractivity contribution in [2.24, 2.45) is 0 Å². The average Bonchev–Trinajstić information content (AvgIpc) is 2.80. The molecule has 2 heterocycles. The van der Waals surface area contributed by atoms with E-state index < -0.39 is 0 Å². The molecule has 1 aliphatic heterocycles. The Morgan fingerprint density at radius 2 is 1.94 bits per heavy atom. The van der Waals surface area contributed by atoms with Crippen molar-refractivity contribution in [1.29, 1.82) is 0 Å². The molecule has 8 heteroatoms. The van der Waals surface area contributed by atoms with E-state index >= 15 is 0 Å². The highest BCUT2D eigenvalue weighted by molar-refractivity contribution is 5.76. The Morgan fingerprint density at radius 3 is 2.69 bits per heavy atom. The van der Waals surface area contributed by atoms with Gasteiger partial charge in [0.15, 0.2) is 5.82 Å². The number of amides is 2. The SMILES string of the molecule is CCCn1c(=O)c(N2CCC(NC(=O)NCc3cccc(F)c3)CC2)nc2ccccc21. The molecule has 1 aromatic heterocycles. The van der Waals surface area contributed by atoms with Gasteiger partial charge in [-0.15, -0.1) is 0 Å². The molecule has 1 fully saturated rings. The molecule has 168 valence electrons. The lowest BCUT2D eigenvalue weighted by molar-refractivity contribution is 0.234. The number of fused-ring (bicyclic) bond motifs is 1. The van der Waals surface area contributed by atoms with Crippen LogP contribution in [-0.4, -0.2) is 34.7 Å². The van der Waals surface area contributed by atoms with Crippen molar-refractivity contribution in [2.45, 2.75) is 45.3 Å². The zero-order valence-corrected chi connectivity index (χ0v) is 18.2. The molecular weight excluding hydrogens is 409 g/mol. The van der Waals surface area contributed by atoms with E-state index in [1.807, 2.05) is 33.7 Å². The van der Waals surface area contributed by atoms with E-state index in [-0.39, 0.29) is 30.0 Å². The quantitative estimate of drug-likeness (QED) is 0.619. The van der Waals surface area contributed by atoms with Gasteiger partial charge < -0.3 is 20.1 Å². The van der Waals surface area contributed by atoms with Crippen LogP contribution in [0.4, 0.5) is 15.0 Å². The van der Waals surface area contributed by atoms with E-state index in [0.717, 1.165) is 30.3 Å². The summed E-state index contributed by atoms with van der Waals surface area (Å²) in [6.07, 6.45) is 2.30. The Kier molecular flexibility index (Phi) is 6.68. The number of anilines is 1. The minimum absolute atomic E-state index is 0.0112. The number of carbonyl (C=O) groups excluding carboxylic acids is 1. The Hall–Kier alpha value is -3.42. The van der Waals surface area contributed by atoms with Crippen LogP contribution in [-0.2, 0) is 13.1 Å². The van der Waals surface area contributed by atoms with Crippen molar-refractivity contribution in [3.8, 4) is 0 Å². The summed E-state index contributed by atoms with van der Waals surface area (Å²) in [5, 5.41) is 5.75. The summed E-state index contributed by atoms with van der Waals surface area (Å²) < 4.78 is 15.1. The van der Waals surface area contributed by atoms with Crippen LogP contribution in [0.3, 0.4) is 0 Å². The summed E-state index contributed by atoms with van der Waals surface area (Å²) >= 11 is 0. The van der Waals surface area contributed by atoms with Gasteiger partial charge in [-0.25, -0.2) is 14.2 Å². The molecule has 32 heavy (non-hydrogen) atoms. The Morgan fingerprint density at radius 1 is 1.16 bits per heavy atom. The van der Waals surface area contributed by atoms with Gasteiger partial charge in [0.1, 0.15) is 5.82 Å². The van der Waals surface area contributed by atoms with Gasteiger partial charge in [0.25, 0.3) is 5.56 Å². The third-order valence-electron chi connectivity index (χ3n) is 5.75. The van der Waals surface area contributed by atoms with Crippen molar-refractivity contribution < 1.29 is 9.18 Å². The third-order valence-corrected chi connectivity index (χ3v) is 5.75. The van der Waals surface area contributed by atoms with Crippen LogP contribution < -0.4 is 21.1 Å². The number of piperidine rings is 1. The number of hydrogen-bond donors (Lipinski definition) is 2. The summed E-state index contributed by atoms with van der Waals surface area (Å²) in [7, 11) is 0. The molecule has 2 amide bonds. The van der Waals surface area contributed by atoms with Crippen molar-refractivity contribution >= 4 is 22.9 Å². The van der Waals surface area contributed by atoms with Gasteiger partial charge in [-0.2, -0.15) is 0 Å². The standard InChI is InChI=1S/C24H28FN5O2/c1-2-12-30-21-9-4-3-8-20(21)28-22(23(30)31)29-13-10-19(11-14-29)27-24(32)26-16-17-6-5-7-18(25)15-17/h3-9,15,19H,2,10-14,16H2,1H3,(H2,26,27,32). The summed E-state index contributed by atoms with van der Waals surface area (Å²) in [4.78, 5) is 32.0. The van der Waals surface area contributed by atoms with Gasteiger partial charge in [0.05, 0.1) is 11.0 Å². The summed E-state index contributed by atoms with van der Waals surface area (Å²) in [5.74, 6) is 0.156. The number of aromatic nitrogens is 2. The maximum atomic E-state index is 13.3. The van der Waals surface area contributed by atoms with Gasteiger partial charge in [0.2, 0.25) is 0 Å². The van der Waals surface area contributed by atoms with E-state index in [1.165, 1.54) is 12.1 Å². The van der Waals surface area contributed by atoms with E-state index in [2.05, 4.69) is 22.5 Å². The fourth-order valence-corrected chi connectivity index (χ4v) is 4.13. The molecule has 0 aliphatic carbocycles. The maximum absolute atomic E-state index is 13.3. The smallest absolute Gasteiger partial charge is 0.315 e. The fraction of sp³-hybridized carbons (Fsp3) is 0.375. The largest absolute Gasteiger partial charge is 0.352 e. The summed E-state index contributed by atoms with van der Waals surface area (Å²) in [5.41, 5.74) is 2.31. The first-order chi connectivity index (χ1) is 15.5. The highest BCUT2D eigenvalue weighted by Crippen LogP contribution is 2.19. The van der Waals surface area contributed by atoms with Gasteiger partial charge in [-0.1, -0.05) is 31.2 Å². The number of para-hydroxylation sites is 2. The molecule has 1 aliphatic rings. The molecule has 0 bridgehead atoms. The van der Waals surface area contributed by atoms with Gasteiger partial charge in [-0.3, -0.25) is 4.79 Å². The molecule has 0 unspecified atom stereocenters. The lowest BCUT2D eigenvalue weighted by Gasteiger charge is -2.33. The number of benzene rings is 2. The molecule has 4 rings (SSSR count). The molecule has 2 N–H and O–H groups in total. The minimum Gasteiger partial charge on any atom is -0.352 e. The molecule has 2 aromatic carbocycles. The highest BCUT2D eigenvalue weighted by atomic mass is 19.1. The zero-order valence-electron chi connectivity index (χ0n) is 18.2. The molecular formula is C24H28FN5O2. The number of rotatable bonds is 6. The van der Waals surface area contributed by atoms with E-state index in [1.54, 1.807) is 12.1 Å². The minimum atomic E-state index is -0.322. The topological polar surface area (TPSA) is 79.3 Å². The van der Waals surface area contributed by atoms with Crippen molar-refractivity contribution in [2.75, 3.05) is 18.0 Å². The normalized spacial score (nSPS) is 14.5. The number of hydrogen-bond acceptors (Lipinski definition) is 4. The second kappa shape index (κ2) is 9.80. The average molecular weight is 438 g/mol. The Labute approximate surface area is 186 Å². The first-order valence-electron chi connectivity index (χ1n) is 11.1. The number of aryl methyl sites for hydroxylation is 1. The zero-order chi connectivity index (χ0) is 22.5. The van der Waals surface area contributed by atoms with Crippen LogP contribution in [0.25, 0.3) is 11.0 Å². The molecule has 1 saturated heterocycles. The van der Waals surface area contributed by atoms with Crippen LogP contribution in [0.5, 0.6) is 0 Å². The van der Waals surface area contributed by atoms with Gasteiger partial charge in [-0.05, 0) is 49.1 Å². The van der Waals surface area contributed by atoms with Crippen LogP contribution >= 0.6 is 0 Å². The summed E-state index contributed by atoms with van der Waals surface area (Å²) in [6.45, 7) is 4.25. The first-order valence-corrected chi connectivity index (χ1v) is 11.1. The van der Waals surface area contributed by atoms with Crippen LogP contribution in [0, 0.1) is 5.82 Å². The molecule has 7 nitrogen and oxygen atoms in total. The molecule has 0 radical (unpaired) electrons. The number of urea groups is 1. The van der Waals surface area contributed by atoms with E-state index in [9.17, 15) is 14.0 Å².